The standard InChI is InChI=1S/C15H14F4N4O4/c1-8(9-2-3-10(11(16)4-9)15(17,18)19)22-14(26)27-12(13(24)25)5-23-7-20-6-21-23/h2-4,6-8,12H,5H2,1H3,(H,22,26)(H,24,25)/t8-,12+/m0/s1. The largest absolute Gasteiger partial charge is 0.478 e. The van der Waals surface area contributed by atoms with E-state index in [0.29, 0.717) is 12.1 Å². The Labute approximate surface area is 149 Å². The number of benzene rings is 1. The predicted molar refractivity (Wildman–Crippen MR) is 80.9 cm³/mol. The second kappa shape index (κ2) is 8.01. The summed E-state index contributed by atoms with van der Waals surface area (Å²) in [7, 11) is 0. The van der Waals surface area contributed by atoms with E-state index in [1.807, 2.05) is 0 Å². The van der Waals surface area contributed by atoms with Crippen LogP contribution in [0.3, 0.4) is 0 Å². The van der Waals surface area contributed by atoms with Gasteiger partial charge in [0.25, 0.3) is 0 Å². The molecule has 0 bridgehead atoms. The molecule has 0 spiro atoms. The van der Waals surface area contributed by atoms with Crippen LogP contribution in [0.2, 0.25) is 0 Å². The monoisotopic (exact) mass is 390 g/mol. The van der Waals surface area contributed by atoms with Crippen molar-refractivity contribution in [2.75, 3.05) is 0 Å². The van der Waals surface area contributed by atoms with Crippen LogP contribution in [0.15, 0.2) is 30.9 Å². The summed E-state index contributed by atoms with van der Waals surface area (Å²) in [5, 5.41) is 15.0. The van der Waals surface area contributed by atoms with Crippen LogP contribution in [0.25, 0.3) is 0 Å². The molecule has 0 radical (unpaired) electrons. The fraction of sp³-hybridized carbons (Fsp3) is 0.333. The molecule has 2 atom stereocenters. The van der Waals surface area contributed by atoms with E-state index in [0.717, 1.165) is 10.7 Å². The van der Waals surface area contributed by atoms with Crippen molar-refractivity contribution in [1.29, 1.82) is 0 Å². The minimum absolute atomic E-state index is 0.0422. The van der Waals surface area contributed by atoms with Gasteiger partial charge in [0.2, 0.25) is 6.10 Å². The van der Waals surface area contributed by atoms with Crippen molar-refractivity contribution in [1.82, 2.24) is 20.1 Å². The first-order valence-corrected chi connectivity index (χ1v) is 7.47. The average molecular weight is 390 g/mol. The summed E-state index contributed by atoms with van der Waals surface area (Å²) >= 11 is 0. The fourth-order valence-electron chi connectivity index (χ4n) is 2.12. The van der Waals surface area contributed by atoms with Crippen molar-refractivity contribution >= 4 is 12.1 Å². The molecule has 0 aliphatic rings. The van der Waals surface area contributed by atoms with Gasteiger partial charge in [-0.15, -0.1) is 0 Å². The first kappa shape index (κ1) is 20.1. The Balaban J connectivity index is 2.01. The van der Waals surface area contributed by atoms with Crippen LogP contribution in [0.5, 0.6) is 0 Å². The normalized spacial score (nSPS) is 13.7. The highest BCUT2D eigenvalue weighted by Crippen LogP contribution is 2.32. The number of carbonyl (C=O) groups excluding carboxylic acids is 1. The number of nitrogens with zero attached hydrogens (tertiary/aromatic N) is 3. The summed E-state index contributed by atoms with van der Waals surface area (Å²) in [4.78, 5) is 26.7. The topological polar surface area (TPSA) is 106 Å². The van der Waals surface area contributed by atoms with Crippen LogP contribution in [-0.2, 0) is 22.3 Å². The molecule has 1 aromatic heterocycles. The quantitative estimate of drug-likeness (QED) is 0.734. The molecule has 1 amide bonds. The third kappa shape index (κ3) is 5.39. The number of aliphatic carboxylic acids is 1. The van der Waals surface area contributed by atoms with Crippen molar-refractivity contribution in [3.63, 3.8) is 0 Å². The van der Waals surface area contributed by atoms with Crippen LogP contribution in [-0.4, -0.2) is 38.0 Å². The number of halogens is 4. The molecule has 0 aliphatic carbocycles. The number of hydrogen-bond donors (Lipinski definition) is 2. The predicted octanol–water partition coefficient (Wildman–Crippen LogP) is 2.38. The second-order valence-electron chi connectivity index (χ2n) is 5.45. The Morgan fingerprint density at radius 1 is 1.37 bits per heavy atom. The number of nitrogens with one attached hydrogen (secondary N) is 1. The van der Waals surface area contributed by atoms with Gasteiger partial charge in [0, 0.05) is 0 Å². The van der Waals surface area contributed by atoms with Crippen molar-refractivity contribution in [3.05, 3.63) is 47.8 Å². The average Bonchev–Trinajstić information content (AvgIpc) is 3.05. The van der Waals surface area contributed by atoms with Gasteiger partial charge in [-0.1, -0.05) is 6.07 Å². The fourth-order valence-corrected chi connectivity index (χ4v) is 2.12. The van der Waals surface area contributed by atoms with Crippen LogP contribution < -0.4 is 5.32 Å². The van der Waals surface area contributed by atoms with Gasteiger partial charge in [0.05, 0.1) is 18.2 Å². The number of aromatic nitrogens is 3. The molecule has 12 heteroatoms. The van der Waals surface area contributed by atoms with Crippen molar-refractivity contribution in [3.8, 4) is 0 Å². The first-order valence-electron chi connectivity index (χ1n) is 7.47. The lowest BCUT2D eigenvalue weighted by Gasteiger charge is -2.18. The summed E-state index contributed by atoms with van der Waals surface area (Å²) in [5.74, 6) is -2.93. The summed E-state index contributed by atoms with van der Waals surface area (Å²) < 4.78 is 57.2. The number of hydrogen-bond acceptors (Lipinski definition) is 5. The minimum Gasteiger partial charge on any atom is -0.478 e. The summed E-state index contributed by atoms with van der Waals surface area (Å²) in [6.07, 6.45) is -5.17. The molecule has 2 N–H and O–H groups in total. The van der Waals surface area contributed by atoms with Crippen LogP contribution in [0.4, 0.5) is 22.4 Å². The van der Waals surface area contributed by atoms with Gasteiger partial charge in [0.15, 0.2) is 0 Å². The molecule has 2 rings (SSSR count). The molecule has 0 fully saturated rings. The number of amides is 1. The zero-order valence-electron chi connectivity index (χ0n) is 13.8. The van der Waals surface area contributed by atoms with Crippen LogP contribution in [0, 0.1) is 5.82 Å². The molecular formula is C15H14F4N4O4. The van der Waals surface area contributed by atoms with Crippen LogP contribution >= 0.6 is 0 Å². The van der Waals surface area contributed by atoms with E-state index in [2.05, 4.69) is 15.4 Å². The number of carboxylic acids is 1. The lowest BCUT2D eigenvalue weighted by Crippen LogP contribution is -2.37. The van der Waals surface area contributed by atoms with E-state index in [-0.39, 0.29) is 12.1 Å². The molecule has 8 nitrogen and oxygen atoms in total. The Morgan fingerprint density at radius 2 is 2.07 bits per heavy atom. The number of alkyl carbamates (subject to hydrolysis) is 1. The van der Waals surface area contributed by atoms with E-state index in [9.17, 15) is 27.2 Å². The number of carboxylic acid groups (broad SMARTS) is 1. The van der Waals surface area contributed by atoms with E-state index < -0.39 is 41.8 Å². The molecule has 0 unspecified atom stereocenters. The Kier molecular flexibility index (Phi) is 5.98. The minimum atomic E-state index is -4.84. The van der Waals surface area contributed by atoms with Gasteiger partial charge in [-0.2, -0.15) is 18.3 Å². The van der Waals surface area contributed by atoms with Gasteiger partial charge in [0.1, 0.15) is 18.5 Å². The molecule has 146 valence electrons. The molecule has 0 aliphatic heterocycles. The zero-order chi connectivity index (χ0) is 20.2. The lowest BCUT2D eigenvalue weighted by molar-refractivity contribution is -0.147. The molecule has 1 heterocycles. The Bertz CT molecular complexity index is 811. The van der Waals surface area contributed by atoms with E-state index in [1.165, 1.54) is 19.6 Å². The van der Waals surface area contributed by atoms with Crippen molar-refractivity contribution < 1.29 is 37.0 Å². The molecular weight excluding hydrogens is 376 g/mol. The maximum absolute atomic E-state index is 13.6. The highest BCUT2D eigenvalue weighted by Gasteiger charge is 2.34. The maximum Gasteiger partial charge on any atom is 0.419 e. The number of rotatable bonds is 6. The summed E-state index contributed by atoms with van der Waals surface area (Å²) in [5.41, 5.74) is -1.39. The van der Waals surface area contributed by atoms with Crippen LogP contribution in [0.1, 0.15) is 24.1 Å². The van der Waals surface area contributed by atoms with Gasteiger partial charge in [-0.25, -0.2) is 23.6 Å². The third-order valence-corrected chi connectivity index (χ3v) is 3.48. The Hall–Kier alpha value is -3.18. The highest BCUT2D eigenvalue weighted by atomic mass is 19.4. The summed E-state index contributed by atoms with van der Waals surface area (Å²) in [6.45, 7) is 1.07. The molecule has 0 saturated heterocycles. The number of ether oxygens (including phenoxy) is 1. The van der Waals surface area contributed by atoms with E-state index in [1.54, 1.807) is 0 Å². The smallest absolute Gasteiger partial charge is 0.419 e. The maximum atomic E-state index is 13.6. The van der Waals surface area contributed by atoms with Gasteiger partial charge >= 0.3 is 18.2 Å². The highest BCUT2D eigenvalue weighted by molar-refractivity contribution is 5.77. The number of carbonyl (C=O) groups is 2. The number of alkyl halides is 3. The van der Waals surface area contributed by atoms with E-state index >= 15 is 0 Å². The van der Waals surface area contributed by atoms with Gasteiger partial charge < -0.3 is 15.2 Å². The summed E-state index contributed by atoms with van der Waals surface area (Å²) in [6, 6.07) is 1.26. The molecule has 2 aromatic rings. The van der Waals surface area contributed by atoms with Gasteiger partial charge in [-0.05, 0) is 24.6 Å². The van der Waals surface area contributed by atoms with E-state index in [4.69, 9.17) is 9.84 Å². The third-order valence-electron chi connectivity index (χ3n) is 3.48. The van der Waals surface area contributed by atoms with Crippen molar-refractivity contribution in [2.24, 2.45) is 0 Å². The molecule has 0 saturated carbocycles. The zero-order valence-corrected chi connectivity index (χ0v) is 13.8. The Morgan fingerprint density at radius 3 is 2.59 bits per heavy atom. The molecule has 27 heavy (non-hydrogen) atoms. The second-order valence-corrected chi connectivity index (χ2v) is 5.45. The lowest BCUT2D eigenvalue weighted by atomic mass is 10.1. The van der Waals surface area contributed by atoms with Gasteiger partial charge in [-0.3, -0.25) is 0 Å². The van der Waals surface area contributed by atoms with Crippen molar-refractivity contribution in [2.45, 2.75) is 31.8 Å². The SMILES string of the molecule is C[C@H](NC(=O)O[C@H](Cn1cncn1)C(=O)O)c1ccc(C(F)(F)F)c(F)c1. The molecule has 1 aromatic carbocycles. The first-order chi connectivity index (χ1) is 12.6.